The highest BCUT2D eigenvalue weighted by Crippen LogP contribution is 2.43. The quantitative estimate of drug-likeness (QED) is 0.277. The largest absolute Gasteiger partial charge is 0.507 e. The summed E-state index contributed by atoms with van der Waals surface area (Å²) in [5, 5.41) is 11.6. The molecule has 3 aromatic carbocycles. The molecule has 1 heterocycles. The van der Waals surface area contributed by atoms with E-state index in [1.54, 1.807) is 60.7 Å². The highest BCUT2D eigenvalue weighted by molar-refractivity contribution is 6.52. The molecule has 0 radical (unpaired) electrons. The fourth-order valence-electron chi connectivity index (χ4n) is 3.99. The van der Waals surface area contributed by atoms with Crippen LogP contribution in [0.4, 0.5) is 5.69 Å². The number of rotatable bonds is 6. The molecule has 1 N–H and O–H groups in total. The highest BCUT2D eigenvalue weighted by Gasteiger charge is 2.47. The van der Waals surface area contributed by atoms with Crippen LogP contribution in [0, 0.1) is 0 Å². The maximum atomic E-state index is 13.3. The van der Waals surface area contributed by atoms with Crippen LogP contribution >= 0.6 is 11.6 Å². The lowest BCUT2D eigenvalue weighted by atomic mass is 9.95. The second-order valence-electron chi connectivity index (χ2n) is 8.09. The molecule has 0 bridgehead atoms. The summed E-state index contributed by atoms with van der Waals surface area (Å²) in [6.45, 7) is 3.82. The number of hydrogen-bond donors (Lipinski definition) is 1. The van der Waals surface area contributed by atoms with E-state index in [4.69, 9.17) is 21.1 Å². The average Bonchev–Trinajstić information content (AvgIpc) is 3.10. The Morgan fingerprint density at radius 3 is 2.38 bits per heavy atom. The summed E-state index contributed by atoms with van der Waals surface area (Å²) >= 11 is 6.36. The number of amides is 1. The molecule has 4 rings (SSSR count). The van der Waals surface area contributed by atoms with E-state index in [1.807, 2.05) is 19.9 Å². The Morgan fingerprint density at radius 2 is 1.71 bits per heavy atom. The number of carbonyl (C=O) groups excluding carboxylic acids is 2. The van der Waals surface area contributed by atoms with Crippen LogP contribution in [-0.2, 0) is 9.59 Å². The van der Waals surface area contributed by atoms with Gasteiger partial charge in [-0.05, 0) is 61.9 Å². The van der Waals surface area contributed by atoms with Crippen LogP contribution in [-0.4, -0.2) is 30.0 Å². The van der Waals surface area contributed by atoms with E-state index in [-0.39, 0.29) is 28.0 Å². The molecule has 1 fully saturated rings. The van der Waals surface area contributed by atoms with Crippen LogP contribution in [0.1, 0.15) is 31.0 Å². The number of carbonyl (C=O) groups is 2. The molecule has 0 saturated carbocycles. The Balaban J connectivity index is 1.96. The van der Waals surface area contributed by atoms with Crippen molar-refractivity contribution in [3.05, 3.63) is 94.5 Å². The van der Waals surface area contributed by atoms with E-state index in [2.05, 4.69) is 0 Å². The molecule has 6 nitrogen and oxygen atoms in total. The van der Waals surface area contributed by atoms with Crippen molar-refractivity contribution in [1.29, 1.82) is 0 Å². The van der Waals surface area contributed by atoms with Gasteiger partial charge in [0.15, 0.2) is 0 Å². The smallest absolute Gasteiger partial charge is 0.300 e. The molecular weight excluding hydrogens is 454 g/mol. The molecule has 1 saturated heterocycles. The van der Waals surface area contributed by atoms with E-state index in [0.29, 0.717) is 22.7 Å². The average molecular weight is 478 g/mol. The van der Waals surface area contributed by atoms with Gasteiger partial charge in [-0.25, -0.2) is 0 Å². The number of ketones is 1. The normalized spacial score (nSPS) is 17.3. The van der Waals surface area contributed by atoms with Crippen molar-refractivity contribution >= 4 is 34.7 Å². The lowest BCUT2D eigenvalue weighted by Crippen LogP contribution is -2.29. The van der Waals surface area contributed by atoms with E-state index >= 15 is 0 Å². The van der Waals surface area contributed by atoms with Gasteiger partial charge in [0, 0.05) is 11.3 Å². The third kappa shape index (κ3) is 4.37. The molecule has 1 aliphatic rings. The summed E-state index contributed by atoms with van der Waals surface area (Å²) in [4.78, 5) is 27.9. The summed E-state index contributed by atoms with van der Waals surface area (Å²) < 4.78 is 11.1. The number of hydrogen-bond acceptors (Lipinski definition) is 5. The third-order valence-corrected chi connectivity index (χ3v) is 5.78. The molecule has 7 heteroatoms. The molecule has 3 aromatic rings. The summed E-state index contributed by atoms with van der Waals surface area (Å²) in [5.41, 5.74) is 1.28. The minimum Gasteiger partial charge on any atom is -0.507 e. The zero-order valence-corrected chi connectivity index (χ0v) is 19.7. The van der Waals surface area contributed by atoms with Crippen LogP contribution in [0.3, 0.4) is 0 Å². The Bertz CT molecular complexity index is 1270. The van der Waals surface area contributed by atoms with Crippen molar-refractivity contribution in [1.82, 2.24) is 0 Å². The van der Waals surface area contributed by atoms with Gasteiger partial charge in [-0.15, -0.1) is 0 Å². The summed E-state index contributed by atoms with van der Waals surface area (Å²) in [6.07, 6.45) is -0.0636. The topological polar surface area (TPSA) is 76.1 Å². The van der Waals surface area contributed by atoms with Gasteiger partial charge in [-0.1, -0.05) is 41.9 Å². The third-order valence-electron chi connectivity index (χ3n) is 5.45. The number of ether oxygens (including phenoxy) is 2. The SMILES string of the molecule is COc1ccc(Cl)c(/C(O)=C2\C(=O)C(=O)N(c3ccccc3)C2c2cccc(OC(C)C)c2)c1. The van der Waals surface area contributed by atoms with Crippen LogP contribution in [0.25, 0.3) is 5.76 Å². The number of benzene rings is 3. The Morgan fingerprint density at radius 1 is 0.971 bits per heavy atom. The molecule has 1 amide bonds. The van der Waals surface area contributed by atoms with Gasteiger partial charge < -0.3 is 14.6 Å². The van der Waals surface area contributed by atoms with Crippen molar-refractivity contribution in [2.45, 2.75) is 26.0 Å². The number of methoxy groups -OCH3 is 1. The van der Waals surface area contributed by atoms with Crippen LogP contribution in [0.5, 0.6) is 11.5 Å². The van der Waals surface area contributed by atoms with Crippen molar-refractivity contribution in [3.8, 4) is 11.5 Å². The molecule has 34 heavy (non-hydrogen) atoms. The summed E-state index contributed by atoms with van der Waals surface area (Å²) in [6, 6.07) is 19.9. The van der Waals surface area contributed by atoms with Crippen LogP contribution in [0.2, 0.25) is 5.02 Å². The van der Waals surface area contributed by atoms with Crippen molar-refractivity contribution < 1.29 is 24.2 Å². The van der Waals surface area contributed by atoms with Gasteiger partial charge >= 0.3 is 0 Å². The van der Waals surface area contributed by atoms with Gasteiger partial charge in [-0.2, -0.15) is 0 Å². The van der Waals surface area contributed by atoms with Gasteiger partial charge in [0.1, 0.15) is 17.3 Å². The maximum Gasteiger partial charge on any atom is 0.300 e. The first kappa shape index (κ1) is 23.4. The number of aliphatic hydroxyl groups excluding tert-OH is 1. The van der Waals surface area contributed by atoms with Crippen LogP contribution in [0.15, 0.2) is 78.4 Å². The number of nitrogens with zero attached hydrogens (tertiary/aromatic N) is 1. The van der Waals surface area contributed by atoms with Crippen LogP contribution < -0.4 is 14.4 Å². The van der Waals surface area contributed by atoms with Crippen molar-refractivity contribution in [2.75, 3.05) is 12.0 Å². The van der Waals surface area contributed by atoms with Gasteiger partial charge in [0.25, 0.3) is 11.7 Å². The minimum absolute atomic E-state index is 0.0636. The molecule has 1 atom stereocenters. The summed E-state index contributed by atoms with van der Waals surface area (Å²) in [5.74, 6) is -0.883. The van der Waals surface area contributed by atoms with Gasteiger partial charge in [0.05, 0.1) is 29.9 Å². The first-order valence-electron chi connectivity index (χ1n) is 10.8. The fourth-order valence-corrected chi connectivity index (χ4v) is 4.20. The number of aliphatic hydroxyl groups is 1. The van der Waals surface area contributed by atoms with Gasteiger partial charge in [-0.3, -0.25) is 14.5 Å². The molecule has 1 unspecified atom stereocenters. The minimum atomic E-state index is -0.889. The van der Waals surface area contributed by atoms with E-state index in [1.165, 1.54) is 18.1 Å². The number of anilines is 1. The molecule has 0 aromatic heterocycles. The van der Waals surface area contributed by atoms with Crippen molar-refractivity contribution in [2.24, 2.45) is 0 Å². The molecule has 174 valence electrons. The zero-order valence-electron chi connectivity index (χ0n) is 19.0. The lowest BCUT2D eigenvalue weighted by Gasteiger charge is -2.26. The molecular formula is C27H24ClNO5. The maximum absolute atomic E-state index is 13.3. The number of para-hydroxylation sites is 1. The monoisotopic (exact) mass is 477 g/mol. The second-order valence-corrected chi connectivity index (χ2v) is 8.50. The van der Waals surface area contributed by atoms with E-state index in [9.17, 15) is 14.7 Å². The molecule has 0 spiro atoms. The predicted molar refractivity (Wildman–Crippen MR) is 131 cm³/mol. The van der Waals surface area contributed by atoms with Gasteiger partial charge in [0.2, 0.25) is 0 Å². The van der Waals surface area contributed by atoms with E-state index < -0.39 is 17.7 Å². The molecule has 0 aliphatic carbocycles. The van der Waals surface area contributed by atoms with Crippen molar-refractivity contribution in [3.63, 3.8) is 0 Å². The number of Topliss-reactive ketones (excluding diaryl/α,β-unsaturated/α-hetero) is 1. The predicted octanol–water partition coefficient (Wildman–Crippen LogP) is 5.76. The number of halogens is 1. The van der Waals surface area contributed by atoms with E-state index in [0.717, 1.165) is 0 Å². The lowest BCUT2D eigenvalue weighted by molar-refractivity contribution is -0.132. The standard InChI is InChI=1S/C27H24ClNO5/c1-16(2)34-20-11-7-8-17(14-20)24-23(25(30)21-15-19(33-3)12-13-22(21)28)26(31)27(32)29(24)18-9-5-4-6-10-18/h4-16,24,30H,1-3H3/b25-23+. The first-order valence-corrected chi connectivity index (χ1v) is 11.2. The first-order chi connectivity index (χ1) is 16.3. The second kappa shape index (κ2) is 9.61. The Labute approximate surface area is 203 Å². The Kier molecular flexibility index (Phi) is 6.61. The fraction of sp³-hybridized carbons (Fsp3) is 0.185. The summed E-state index contributed by atoms with van der Waals surface area (Å²) in [7, 11) is 1.49. The molecule has 1 aliphatic heterocycles. The highest BCUT2D eigenvalue weighted by atomic mass is 35.5. The zero-order chi connectivity index (χ0) is 24.4. The Hall–Kier alpha value is -3.77.